The molecule has 0 aromatic rings. The van der Waals surface area contributed by atoms with Crippen LogP contribution in [0.4, 0.5) is 0 Å². The summed E-state index contributed by atoms with van der Waals surface area (Å²) in [4.78, 5) is 0. The molecule has 0 radical (unpaired) electrons. The lowest BCUT2D eigenvalue weighted by atomic mass is 10.0. The minimum atomic E-state index is 0.355. The fourth-order valence-electron chi connectivity index (χ4n) is 2.55. The van der Waals surface area contributed by atoms with Crippen molar-refractivity contribution < 1.29 is 5.11 Å². The third-order valence-corrected chi connectivity index (χ3v) is 3.26. The zero-order chi connectivity index (χ0) is 8.88. The molecule has 2 aliphatic rings. The van der Waals surface area contributed by atoms with Crippen molar-refractivity contribution in [3.63, 3.8) is 0 Å². The number of aliphatic hydroxyl groups is 1. The molecule has 0 spiro atoms. The van der Waals surface area contributed by atoms with Gasteiger partial charge < -0.3 is 5.11 Å². The highest BCUT2D eigenvalue weighted by Crippen LogP contribution is 2.62. The second-order valence-electron chi connectivity index (χ2n) is 3.82. The Hall–Kier alpha value is -0.980. The van der Waals surface area contributed by atoms with E-state index in [0.29, 0.717) is 23.5 Å². The third kappa shape index (κ3) is 0.795. The van der Waals surface area contributed by atoms with E-state index in [1.54, 1.807) is 0 Å². The van der Waals surface area contributed by atoms with E-state index in [4.69, 9.17) is 0 Å². The van der Waals surface area contributed by atoms with Crippen LogP contribution in [0.2, 0.25) is 0 Å². The molecule has 0 unspecified atom stereocenters. The van der Waals surface area contributed by atoms with Crippen molar-refractivity contribution in [2.75, 3.05) is 0 Å². The smallest absolute Gasteiger partial charge is 0.0891 e. The monoisotopic (exact) mass is 162 g/mol. The molecule has 1 saturated carbocycles. The second-order valence-corrected chi connectivity index (χ2v) is 3.82. The van der Waals surface area contributed by atoms with Crippen LogP contribution in [0, 0.1) is 17.8 Å². The number of aliphatic hydroxyl groups excluding tert-OH is 1. The third-order valence-electron chi connectivity index (χ3n) is 3.26. The van der Waals surface area contributed by atoms with E-state index >= 15 is 0 Å². The Kier molecular flexibility index (Phi) is 1.44. The van der Waals surface area contributed by atoms with E-state index in [2.05, 4.69) is 20.1 Å². The maximum atomic E-state index is 9.23. The molecular formula is C11H14O. The van der Waals surface area contributed by atoms with Crippen molar-refractivity contribution in [1.29, 1.82) is 0 Å². The largest absolute Gasteiger partial charge is 0.513 e. The molecule has 12 heavy (non-hydrogen) atoms. The Morgan fingerprint density at radius 2 is 2.33 bits per heavy atom. The molecule has 2 rings (SSSR count). The van der Waals surface area contributed by atoms with Gasteiger partial charge in [-0.2, -0.15) is 0 Å². The highest BCUT2D eigenvalue weighted by Gasteiger charge is 2.56. The van der Waals surface area contributed by atoms with E-state index in [1.807, 2.05) is 6.08 Å². The van der Waals surface area contributed by atoms with Crippen LogP contribution in [0.1, 0.15) is 13.3 Å². The second kappa shape index (κ2) is 2.25. The molecule has 1 heteroatoms. The maximum absolute atomic E-state index is 9.23. The van der Waals surface area contributed by atoms with Crippen molar-refractivity contribution in [2.45, 2.75) is 13.3 Å². The zero-order valence-corrected chi connectivity index (χ0v) is 7.38. The highest BCUT2D eigenvalue weighted by molar-refractivity contribution is 5.40. The van der Waals surface area contributed by atoms with Crippen molar-refractivity contribution in [1.82, 2.24) is 0 Å². The summed E-state index contributed by atoms with van der Waals surface area (Å²) in [5.74, 6) is 1.94. The molecule has 1 fully saturated rings. The first-order valence-electron chi connectivity index (χ1n) is 4.36. The van der Waals surface area contributed by atoms with Crippen LogP contribution in [-0.2, 0) is 0 Å². The molecule has 0 amide bonds. The Labute approximate surface area is 73.1 Å². The van der Waals surface area contributed by atoms with Gasteiger partial charge in [-0.25, -0.2) is 0 Å². The Balaban J connectivity index is 2.19. The van der Waals surface area contributed by atoms with E-state index in [9.17, 15) is 5.11 Å². The summed E-state index contributed by atoms with van der Waals surface area (Å²) in [6, 6.07) is 0. The van der Waals surface area contributed by atoms with Crippen LogP contribution in [0.3, 0.4) is 0 Å². The van der Waals surface area contributed by atoms with Crippen LogP contribution in [0.25, 0.3) is 0 Å². The Morgan fingerprint density at radius 3 is 2.67 bits per heavy atom. The summed E-state index contributed by atoms with van der Waals surface area (Å²) in [6.45, 7) is 9.51. The molecule has 64 valence electrons. The van der Waals surface area contributed by atoms with Gasteiger partial charge in [0.25, 0.3) is 0 Å². The van der Waals surface area contributed by atoms with E-state index in [-0.39, 0.29) is 0 Å². The first kappa shape index (κ1) is 7.66. The lowest BCUT2D eigenvalue weighted by molar-refractivity contribution is 0.369. The van der Waals surface area contributed by atoms with Gasteiger partial charge in [-0.05, 0) is 30.8 Å². The zero-order valence-electron chi connectivity index (χ0n) is 7.38. The molecule has 2 aliphatic carbocycles. The summed E-state index contributed by atoms with van der Waals surface area (Å²) >= 11 is 0. The Bertz CT molecular complexity index is 285. The first-order valence-corrected chi connectivity index (χ1v) is 4.36. The summed E-state index contributed by atoms with van der Waals surface area (Å²) in [7, 11) is 0. The topological polar surface area (TPSA) is 20.2 Å². The number of rotatable bonds is 2. The van der Waals surface area contributed by atoms with Gasteiger partial charge in [0.2, 0.25) is 0 Å². The van der Waals surface area contributed by atoms with E-state index in [0.717, 1.165) is 6.42 Å². The standard InChI is InChI=1S/C11H14O/c1-4-8-5-9-10(6(8)2)11(9)7(3)12/h4,9-12H,1,3,5H2,2H3/t9-,10+,11-/m1/s1. The number of hydrogen-bond donors (Lipinski definition) is 1. The van der Waals surface area contributed by atoms with Crippen LogP contribution < -0.4 is 0 Å². The van der Waals surface area contributed by atoms with Crippen LogP contribution >= 0.6 is 0 Å². The lowest BCUT2D eigenvalue weighted by Crippen LogP contribution is -1.93. The predicted octanol–water partition coefficient (Wildman–Crippen LogP) is 2.83. The van der Waals surface area contributed by atoms with Gasteiger partial charge in [0, 0.05) is 5.92 Å². The SMILES string of the molecule is C=CC1=C(C)[C@H]2[C@@H](C1)[C@H]2C(=C)O. The average molecular weight is 162 g/mol. The molecule has 3 atom stereocenters. The molecule has 0 heterocycles. The Morgan fingerprint density at radius 1 is 1.67 bits per heavy atom. The average Bonchev–Trinajstić information content (AvgIpc) is 2.65. The van der Waals surface area contributed by atoms with Gasteiger partial charge in [-0.3, -0.25) is 0 Å². The molecule has 0 saturated heterocycles. The minimum absolute atomic E-state index is 0.355. The van der Waals surface area contributed by atoms with Gasteiger partial charge in [-0.1, -0.05) is 24.8 Å². The highest BCUT2D eigenvalue weighted by atomic mass is 16.3. The number of fused-ring (bicyclic) bond motifs is 1. The van der Waals surface area contributed by atoms with Crippen molar-refractivity contribution in [3.8, 4) is 0 Å². The predicted molar refractivity (Wildman–Crippen MR) is 49.8 cm³/mol. The van der Waals surface area contributed by atoms with E-state index < -0.39 is 0 Å². The summed E-state index contributed by atoms with van der Waals surface area (Å²) in [5, 5.41) is 9.23. The van der Waals surface area contributed by atoms with Crippen molar-refractivity contribution in [3.05, 3.63) is 36.1 Å². The summed E-state index contributed by atoms with van der Waals surface area (Å²) in [6.07, 6.45) is 3.03. The van der Waals surface area contributed by atoms with Gasteiger partial charge in [-0.15, -0.1) is 0 Å². The fraction of sp³-hybridized carbons (Fsp3) is 0.455. The molecule has 0 aliphatic heterocycles. The first-order chi connectivity index (χ1) is 5.66. The van der Waals surface area contributed by atoms with Crippen molar-refractivity contribution in [2.24, 2.45) is 17.8 Å². The van der Waals surface area contributed by atoms with Crippen LogP contribution in [-0.4, -0.2) is 5.11 Å². The number of allylic oxidation sites excluding steroid dienone is 4. The van der Waals surface area contributed by atoms with Gasteiger partial charge in [0.05, 0.1) is 5.76 Å². The molecule has 1 N–H and O–H groups in total. The summed E-state index contributed by atoms with van der Waals surface area (Å²) in [5.41, 5.74) is 2.79. The lowest BCUT2D eigenvalue weighted by Gasteiger charge is -2.04. The molecular weight excluding hydrogens is 148 g/mol. The molecule has 0 bridgehead atoms. The fourth-order valence-corrected chi connectivity index (χ4v) is 2.55. The minimum Gasteiger partial charge on any atom is -0.513 e. The molecule has 1 nitrogen and oxygen atoms in total. The van der Waals surface area contributed by atoms with Crippen LogP contribution in [0.5, 0.6) is 0 Å². The quantitative estimate of drug-likeness (QED) is 0.619. The molecule has 0 aromatic heterocycles. The maximum Gasteiger partial charge on any atom is 0.0891 e. The normalized spacial score (nSPS) is 37.9. The van der Waals surface area contributed by atoms with Gasteiger partial charge in [0.15, 0.2) is 0 Å². The van der Waals surface area contributed by atoms with Gasteiger partial charge in [0.1, 0.15) is 0 Å². The van der Waals surface area contributed by atoms with Crippen molar-refractivity contribution >= 4 is 0 Å². The summed E-state index contributed by atoms with van der Waals surface area (Å²) < 4.78 is 0. The van der Waals surface area contributed by atoms with Gasteiger partial charge >= 0.3 is 0 Å². The van der Waals surface area contributed by atoms with E-state index in [1.165, 1.54) is 11.1 Å². The van der Waals surface area contributed by atoms with Crippen LogP contribution in [0.15, 0.2) is 36.1 Å². The molecule has 0 aromatic carbocycles. The number of hydrogen-bond acceptors (Lipinski definition) is 1.